The van der Waals surface area contributed by atoms with Crippen molar-refractivity contribution in [2.45, 2.75) is 59.8 Å². The number of hydrogen-bond acceptors (Lipinski definition) is 3. The molecular weight excluding hydrogens is 304 g/mol. The van der Waals surface area contributed by atoms with Gasteiger partial charge in [-0.05, 0) is 12.3 Å². The Kier molecular flexibility index (Phi) is 6.99. The van der Waals surface area contributed by atoms with Crippen molar-refractivity contribution in [2.24, 2.45) is 13.0 Å². The highest BCUT2D eigenvalue weighted by Gasteiger charge is 2.21. The van der Waals surface area contributed by atoms with Gasteiger partial charge in [0.05, 0.1) is 12.2 Å². The number of anilines is 1. The first-order valence-electron chi connectivity index (χ1n) is 8.66. The second-order valence-electron chi connectivity index (χ2n) is 7.75. The van der Waals surface area contributed by atoms with Crippen molar-refractivity contribution in [1.29, 1.82) is 0 Å². The lowest BCUT2D eigenvalue weighted by Gasteiger charge is -2.22. The van der Waals surface area contributed by atoms with E-state index in [0.29, 0.717) is 18.8 Å². The summed E-state index contributed by atoms with van der Waals surface area (Å²) in [5, 5.41) is 7.31. The monoisotopic (exact) mass is 336 g/mol. The summed E-state index contributed by atoms with van der Waals surface area (Å²) in [4.78, 5) is 26.3. The van der Waals surface area contributed by atoms with Crippen molar-refractivity contribution in [3.8, 4) is 0 Å². The first kappa shape index (κ1) is 20.2. The van der Waals surface area contributed by atoms with Gasteiger partial charge in [-0.15, -0.1) is 0 Å². The van der Waals surface area contributed by atoms with Gasteiger partial charge in [-0.2, -0.15) is 5.10 Å². The molecule has 1 aromatic heterocycles. The molecule has 0 fully saturated rings. The van der Waals surface area contributed by atoms with Crippen LogP contribution in [-0.2, 0) is 22.1 Å². The summed E-state index contributed by atoms with van der Waals surface area (Å²) in [6.45, 7) is 12.9. The Morgan fingerprint density at radius 2 is 1.96 bits per heavy atom. The molecule has 0 aliphatic carbocycles. The third-order valence-electron chi connectivity index (χ3n) is 3.68. The third-order valence-corrected chi connectivity index (χ3v) is 3.68. The van der Waals surface area contributed by atoms with Crippen LogP contribution < -0.4 is 5.32 Å². The molecule has 0 spiro atoms. The Hall–Kier alpha value is -1.85. The van der Waals surface area contributed by atoms with E-state index in [1.807, 2.05) is 26.8 Å². The van der Waals surface area contributed by atoms with Crippen LogP contribution in [0.1, 0.15) is 60.1 Å². The average molecular weight is 336 g/mol. The van der Waals surface area contributed by atoms with E-state index < -0.39 is 0 Å². The number of amides is 2. The summed E-state index contributed by atoms with van der Waals surface area (Å²) in [7, 11) is 1.80. The molecule has 0 atom stereocenters. The minimum Gasteiger partial charge on any atom is -0.333 e. The zero-order valence-corrected chi connectivity index (χ0v) is 16.1. The molecule has 24 heavy (non-hydrogen) atoms. The Labute approximate surface area is 145 Å². The number of carbonyl (C=O) groups excluding carboxylic acids is 2. The van der Waals surface area contributed by atoms with Crippen LogP contribution in [-0.4, -0.2) is 39.6 Å². The van der Waals surface area contributed by atoms with E-state index in [4.69, 9.17) is 0 Å². The highest BCUT2D eigenvalue weighted by molar-refractivity contribution is 5.94. The zero-order chi connectivity index (χ0) is 18.5. The largest absolute Gasteiger partial charge is 0.333 e. The molecule has 1 rings (SSSR count). The normalized spacial score (nSPS) is 11.7. The van der Waals surface area contributed by atoms with Crippen LogP contribution in [0, 0.1) is 5.92 Å². The second-order valence-corrected chi connectivity index (χ2v) is 7.75. The van der Waals surface area contributed by atoms with Gasteiger partial charge in [-0.1, -0.05) is 41.5 Å². The summed E-state index contributed by atoms with van der Waals surface area (Å²) >= 11 is 0. The van der Waals surface area contributed by atoms with Crippen LogP contribution in [0.25, 0.3) is 0 Å². The van der Waals surface area contributed by atoms with Gasteiger partial charge >= 0.3 is 0 Å². The number of aryl methyl sites for hydroxylation is 1. The maximum absolute atomic E-state index is 12.4. The van der Waals surface area contributed by atoms with E-state index in [-0.39, 0.29) is 29.7 Å². The van der Waals surface area contributed by atoms with Gasteiger partial charge in [0.25, 0.3) is 0 Å². The quantitative estimate of drug-likeness (QED) is 0.832. The lowest BCUT2D eigenvalue weighted by Crippen LogP contribution is -2.39. The molecule has 0 radical (unpaired) electrons. The molecule has 1 aromatic rings. The molecule has 2 amide bonds. The van der Waals surface area contributed by atoms with Crippen molar-refractivity contribution in [1.82, 2.24) is 14.7 Å². The van der Waals surface area contributed by atoms with Gasteiger partial charge in [0, 0.05) is 31.5 Å². The maximum Gasteiger partial charge on any atom is 0.245 e. The summed E-state index contributed by atoms with van der Waals surface area (Å²) in [5.74, 6) is 0.774. The lowest BCUT2D eigenvalue weighted by molar-refractivity contribution is -0.135. The summed E-state index contributed by atoms with van der Waals surface area (Å²) in [6, 6.07) is 1.89. The maximum atomic E-state index is 12.4. The molecule has 0 aromatic carbocycles. The predicted octanol–water partition coefficient (Wildman–Crippen LogP) is 2.94. The van der Waals surface area contributed by atoms with Gasteiger partial charge in [0.1, 0.15) is 5.82 Å². The van der Waals surface area contributed by atoms with Crippen molar-refractivity contribution < 1.29 is 9.59 Å². The molecule has 6 nitrogen and oxygen atoms in total. The molecule has 0 unspecified atom stereocenters. The Balaban J connectivity index is 2.76. The first-order valence-corrected chi connectivity index (χ1v) is 8.66. The fourth-order valence-corrected chi connectivity index (χ4v) is 2.35. The van der Waals surface area contributed by atoms with Crippen molar-refractivity contribution in [3.05, 3.63) is 11.8 Å². The molecule has 0 aliphatic rings. The predicted molar refractivity (Wildman–Crippen MR) is 96.9 cm³/mol. The lowest BCUT2D eigenvalue weighted by atomic mass is 9.92. The molecule has 0 aliphatic heterocycles. The smallest absolute Gasteiger partial charge is 0.245 e. The topological polar surface area (TPSA) is 67.2 Å². The molecular formula is C18H32N4O2. The van der Waals surface area contributed by atoms with Gasteiger partial charge in [-0.3, -0.25) is 14.3 Å². The SMILES string of the molecule is CCCN(CC(=O)Nc1cc(C(C)(C)C)nn1C)C(=O)CC(C)C. The van der Waals surface area contributed by atoms with Crippen molar-refractivity contribution >= 4 is 17.6 Å². The number of nitrogens with one attached hydrogen (secondary N) is 1. The van der Waals surface area contributed by atoms with E-state index in [1.165, 1.54) is 0 Å². The second kappa shape index (κ2) is 8.31. The van der Waals surface area contributed by atoms with Gasteiger partial charge < -0.3 is 10.2 Å². The number of carbonyl (C=O) groups is 2. The Morgan fingerprint density at radius 1 is 1.33 bits per heavy atom. The molecule has 136 valence electrons. The zero-order valence-electron chi connectivity index (χ0n) is 16.1. The molecule has 0 bridgehead atoms. The molecule has 1 N–H and O–H groups in total. The fourth-order valence-electron chi connectivity index (χ4n) is 2.35. The van der Waals surface area contributed by atoms with Crippen LogP contribution in [0.4, 0.5) is 5.82 Å². The molecule has 1 heterocycles. The number of aromatic nitrogens is 2. The number of hydrogen-bond donors (Lipinski definition) is 1. The average Bonchev–Trinajstić information content (AvgIpc) is 2.79. The fraction of sp³-hybridized carbons (Fsp3) is 0.722. The minimum atomic E-state index is -0.191. The van der Waals surface area contributed by atoms with E-state index in [9.17, 15) is 9.59 Å². The van der Waals surface area contributed by atoms with Crippen molar-refractivity contribution in [2.75, 3.05) is 18.4 Å². The van der Waals surface area contributed by atoms with Crippen molar-refractivity contribution in [3.63, 3.8) is 0 Å². The van der Waals surface area contributed by atoms with Crippen LogP contribution in [0.5, 0.6) is 0 Å². The summed E-state index contributed by atoms with van der Waals surface area (Å²) in [6.07, 6.45) is 1.30. The molecule has 0 saturated carbocycles. The highest BCUT2D eigenvalue weighted by atomic mass is 16.2. The molecule has 0 saturated heterocycles. The number of rotatable bonds is 7. The minimum absolute atomic E-state index is 0.0300. The van der Waals surface area contributed by atoms with Gasteiger partial charge in [0.15, 0.2) is 0 Å². The van der Waals surface area contributed by atoms with E-state index in [0.717, 1.165) is 12.1 Å². The van der Waals surface area contributed by atoms with E-state index in [2.05, 4.69) is 31.2 Å². The van der Waals surface area contributed by atoms with E-state index >= 15 is 0 Å². The third kappa shape index (κ3) is 5.98. The van der Waals surface area contributed by atoms with Crippen LogP contribution in [0.15, 0.2) is 6.07 Å². The molecule has 6 heteroatoms. The Bertz CT molecular complexity index is 570. The summed E-state index contributed by atoms with van der Waals surface area (Å²) < 4.78 is 1.67. The van der Waals surface area contributed by atoms with Gasteiger partial charge in [-0.25, -0.2) is 0 Å². The van der Waals surface area contributed by atoms with Crippen LogP contribution >= 0.6 is 0 Å². The number of nitrogens with zero attached hydrogens (tertiary/aromatic N) is 3. The van der Waals surface area contributed by atoms with Crippen LogP contribution in [0.2, 0.25) is 0 Å². The standard InChI is InChI=1S/C18H32N4O2/c1-8-9-22(17(24)10-13(2)3)12-16(23)19-15-11-14(18(4,5)6)20-21(15)7/h11,13H,8-10,12H2,1-7H3,(H,19,23). The van der Waals surface area contributed by atoms with Crippen LogP contribution in [0.3, 0.4) is 0 Å². The van der Waals surface area contributed by atoms with Gasteiger partial charge in [0.2, 0.25) is 11.8 Å². The highest BCUT2D eigenvalue weighted by Crippen LogP contribution is 2.23. The Morgan fingerprint density at radius 3 is 2.42 bits per heavy atom. The van der Waals surface area contributed by atoms with E-state index in [1.54, 1.807) is 16.6 Å². The first-order chi connectivity index (χ1) is 11.0. The summed E-state index contributed by atoms with van der Waals surface area (Å²) in [5.41, 5.74) is 0.837.